The van der Waals surface area contributed by atoms with E-state index in [4.69, 9.17) is 5.11 Å². The van der Waals surface area contributed by atoms with Crippen LogP contribution in [0.3, 0.4) is 0 Å². The van der Waals surface area contributed by atoms with Crippen molar-refractivity contribution in [2.45, 2.75) is 6.92 Å². The molecule has 0 heterocycles. The molecule has 1 aromatic carbocycles. The van der Waals surface area contributed by atoms with Crippen molar-refractivity contribution in [1.82, 2.24) is 0 Å². The number of hydrogen-bond acceptors (Lipinski definition) is 3. The summed E-state index contributed by atoms with van der Waals surface area (Å²) in [4.78, 5) is 23.7. The number of carboxylic acids is 1. The molecule has 0 radical (unpaired) electrons. The van der Waals surface area contributed by atoms with Gasteiger partial charge in [-0.25, -0.2) is 14.0 Å². The van der Waals surface area contributed by atoms with Crippen molar-refractivity contribution in [3.8, 4) is 0 Å². The second kappa shape index (κ2) is 3.81. The van der Waals surface area contributed by atoms with Gasteiger partial charge in [0.1, 0.15) is 5.82 Å². The molecule has 1 N–H and O–H groups in total. The summed E-state index contributed by atoms with van der Waals surface area (Å²) in [7, 11) is 0. The first-order chi connectivity index (χ1) is 6.56. The minimum atomic E-state index is -1.27. The van der Waals surface area contributed by atoms with Crippen molar-refractivity contribution >= 4 is 17.7 Å². The van der Waals surface area contributed by atoms with Gasteiger partial charge in [0.05, 0.1) is 11.3 Å². The van der Waals surface area contributed by atoms with Crippen LogP contribution in [0, 0.1) is 12.7 Å². The highest BCUT2D eigenvalue weighted by Gasteiger charge is 2.10. The number of carbonyl (C=O) groups excluding carboxylic acids is 1. The number of carbonyl (C=O) groups is 1. The number of benzene rings is 1. The third-order valence-electron chi connectivity index (χ3n) is 1.73. The lowest BCUT2D eigenvalue weighted by Gasteiger charge is -2.01. The van der Waals surface area contributed by atoms with Gasteiger partial charge in [-0.3, -0.25) is 0 Å². The average molecular weight is 195 g/mol. The molecule has 0 fully saturated rings. The Hall–Kier alpha value is -2.00. The van der Waals surface area contributed by atoms with Gasteiger partial charge in [0.15, 0.2) is 0 Å². The maximum Gasteiger partial charge on any atom is 0.335 e. The Labute approximate surface area is 78.7 Å². The van der Waals surface area contributed by atoms with E-state index in [1.165, 1.54) is 13.0 Å². The van der Waals surface area contributed by atoms with Crippen LogP contribution in [0.15, 0.2) is 17.1 Å². The number of hydrogen-bond donors (Lipinski definition) is 1. The number of halogens is 1. The van der Waals surface area contributed by atoms with Crippen molar-refractivity contribution < 1.29 is 19.1 Å². The van der Waals surface area contributed by atoms with Gasteiger partial charge in [0, 0.05) is 5.56 Å². The maximum absolute atomic E-state index is 13.1. The molecule has 0 unspecified atom stereocenters. The predicted octanol–water partition coefficient (Wildman–Crippen LogP) is 1.80. The first-order valence-electron chi connectivity index (χ1n) is 3.67. The number of aromatic carboxylic acids is 1. The molecule has 0 atom stereocenters. The van der Waals surface area contributed by atoms with Crippen LogP contribution in [0.5, 0.6) is 0 Å². The van der Waals surface area contributed by atoms with Crippen LogP contribution in [0.2, 0.25) is 0 Å². The van der Waals surface area contributed by atoms with E-state index >= 15 is 0 Å². The van der Waals surface area contributed by atoms with Crippen molar-refractivity contribution in [2.75, 3.05) is 0 Å². The van der Waals surface area contributed by atoms with Crippen molar-refractivity contribution in [3.63, 3.8) is 0 Å². The molecule has 1 rings (SSSR count). The summed E-state index contributed by atoms with van der Waals surface area (Å²) in [5, 5.41) is 8.59. The minimum Gasteiger partial charge on any atom is -0.478 e. The Morgan fingerprint density at radius 1 is 1.57 bits per heavy atom. The van der Waals surface area contributed by atoms with Gasteiger partial charge >= 0.3 is 5.97 Å². The fourth-order valence-corrected chi connectivity index (χ4v) is 0.953. The van der Waals surface area contributed by atoms with Crippen LogP contribution in [0.4, 0.5) is 10.1 Å². The number of isocyanates is 1. The molecule has 0 aliphatic heterocycles. The van der Waals surface area contributed by atoms with E-state index in [0.717, 1.165) is 12.1 Å². The molecule has 1 aromatic rings. The minimum absolute atomic E-state index is 0.0163. The van der Waals surface area contributed by atoms with E-state index in [9.17, 15) is 14.0 Å². The largest absolute Gasteiger partial charge is 0.478 e. The maximum atomic E-state index is 13.1. The Balaban J connectivity index is 3.42. The van der Waals surface area contributed by atoms with Crippen molar-refractivity contribution in [2.24, 2.45) is 4.99 Å². The number of nitrogens with zero attached hydrogens (tertiary/aromatic N) is 1. The lowest BCUT2D eigenvalue weighted by Crippen LogP contribution is -1.98. The average Bonchev–Trinajstić information content (AvgIpc) is 2.12. The third kappa shape index (κ3) is 1.84. The zero-order valence-electron chi connectivity index (χ0n) is 7.24. The SMILES string of the molecule is Cc1c(F)cc(C(=O)O)cc1N=C=O. The molecular formula is C9H6FNO3. The van der Waals surface area contributed by atoms with Gasteiger partial charge in [0.25, 0.3) is 0 Å². The summed E-state index contributed by atoms with van der Waals surface area (Å²) in [5.41, 5.74) is -0.141. The molecule has 0 aromatic heterocycles. The van der Waals surface area contributed by atoms with Crippen LogP contribution < -0.4 is 0 Å². The Morgan fingerprint density at radius 2 is 2.21 bits per heavy atom. The summed E-state index contributed by atoms with van der Waals surface area (Å²) in [6.45, 7) is 1.40. The highest BCUT2D eigenvalue weighted by molar-refractivity contribution is 5.89. The van der Waals surface area contributed by atoms with Gasteiger partial charge < -0.3 is 5.11 Å². The highest BCUT2D eigenvalue weighted by Crippen LogP contribution is 2.22. The monoisotopic (exact) mass is 195 g/mol. The quantitative estimate of drug-likeness (QED) is 0.577. The lowest BCUT2D eigenvalue weighted by molar-refractivity contribution is 0.0696. The topological polar surface area (TPSA) is 66.7 Å². The summed E-state index contributed by atoms with van der Waals surface area (Å²) in [6.07, 6.45) is 1.23. The molecule has 14 heavy (non-hydrogen) atoms. The summed E-state index contributed by atoms with van der Waals surface area (Å²) in [5.74, 6) is -1.98. The van der Waals surface area contributed by atoms with E-state index in [-0.39, 0.29) is 16.8 Å². The molecule has 0 amide bonds. The van der Waals surface area contributed by atoms with Crippen LogP contribution in [-0.4, -0.2) is 17.2 Å². The van der Waals surface area contributed by atoms with Gasteiger partial charge in [-0.2, -0.15) is 4.99 Å². The number of carboxylic acid groups (broad SMARTS) is 1. The first kappa shape index (κ1) is 10.1. The molecule has 72 valence electrons. The van der Waals surface area contributed by atoms with E-state index in [1.807, 2.05) is 0 Å². The van der Waals surface area contributed by atoms with Crippen LogP contribution >= 0.6 is 0 Å². The molecule has 0 spiro atoms. The summed E-state index contributed by atoms with van der Waals surface area (Å²) < 4.78 is 13.1. The van der Waals surface area contributed by atoms with E-state index in [0.29, 0.717) is 0 Å². The van der Waals surface area contributed by atoms with E-state index < -0.39 is 11.8 Å². The van der Waals surface area contributed by atoms with E-state index in [2.05, 4.69) is 4.99 Å². The van der Waals surface area contributed by atoms with Crippen molar-refractivity contribution in [1.29, 1.82) is 0 Å². The van der Waals surface area contributed by atoms with Crippen LogP contribution in [0.25, 0.3) is 0 Å². The highest BCUT2D eigenvalue weighted by atomic mass is 19.1. The molecular weight excluding hydrogens is 189 g/mol. The molecule has 4 nitrogen and oxygen atoms in total. The third-order valence-corrected chi connectivity index (χ3v) is 1.73. The number of rotatable bonds is 2. The van der Waals surface area contributed by atoms with Gasteiger partial charge in [-0.1, -0.05) is 0 Å². The first-order valence-corrected chi connectivity index (χ1v) is 3.67. The molecule has 0 aliphatic carbocycles. The summed E-state index contributed by atoms with van der Waals surface area (Å²) >= 11 is 0. The Bertz CT molecular complexity index is 436. The Morgan fingerprint density at radius 3 is 2.71 bits per heavy atom. The van der Waals surface area contributed by atoms with Crippen LogP contribution in [0.1, 0.15) is 15.9 Å². The van der Waals surface area contributed by atoms with Crippen molar-refractivity contribution in [3.05, 3.63) is 29.1 Å². The fourth-order valence-electron chi connectivity index (χ4n) is 0.953. The van der Waals surface area contributed by atoms with Gasteiger partial charge in [-0.15, -0.1) is 0 Å². The molecule has 0 saturated carbocycles. The Kier molecular flexibility index (Phi) is 2.74. The summed E-state index contributed by atoms with van der Waals surface area (Å²) in [6, 6.07) is 1.99. The predicted molar refractivity (Wildman–Crippen MR) is 45.9 cm³/mol. The zero-order chi connectivity index (χ0) is 10.7. The standard InChI is InChI=1S/C9H6FNO3/c1-5-7(10)2-6(9(13)14)3-8(5)11-4-12/h2-3H,1H3,(H,13,14). The van der Waals surface area contributed by atoms with Crippen LogP contribution in [-0.2, 0) is 4.79 Å². The molecule has 0 bridgehead atoms. The number of aliphatic imine (C=N–C) groups is 1. The van der Waals surface area contributed by atoms with Gasteiger partial charge in [-0.05, 0) is 19.1 Å². The normalized spacial score (nSPS) is 9.29. The van der Waals surface area contributed by atoms with Gasteiger partial charge in [0.2, 0.25) is 6.08 Å². The lowest BCUT2D eigenvalue weighted by atomic mass is 10.1. The second-order valence-electron chi connectivity index (χ2n) is 2.61. The second-order valence-corrected chi connectivity index (χ2v) is 2.61. The zero-order valence-corrected chi connectivity index (χ0v) is 7.24. The molecule has 0 saturated heterocycles. The molecule has 0 aliphatic rings. The van der Waals surface area contributed by atoms with E-state index in [1.54, 1.807) is 0 Å². The smallest absolute Gasteiger partial charge is 0.335 e. The fraction of sp³-hybridized carbons (Fsp3) is 0.111. The molecule has 5 heteroatoms.